The lowest BCUT2D eigenvalue weighted by molar-refractivity contribution is -0.147. The minimum absolute atomic E-state index is 0.0349. The molecule has 1 aliphatic rings. The van der Waals surface area contributed by atoms with E-state index in [2.05, 4.69) is 25.9 Å². The number of esters is 2. The third kappa shape index (κ3) is 10.2. The van der Waals surface area contributed by atoms with E-state index in [0.29, 0.717) is 36.5 Å². The summed E-state index contributed by atoms with van der Waals surface area (Å²) in [5, 5.41) is 8.40. The van der Waals surface area contributed by atoms with Crippen molar-refractivity contribution in [2.45, 2.75) is 66.5 Å². The van der Waals surface area contributed by atoms with Gasteiger partial charge < -0.3 is 25.0 Å². The van der Waals surface area contributed by atoms with E-state index in [-0.39, 0.29) is 55.9 Å². The first-order valence-electron chi connectivity index (χ1n) is 14.9. The number of ether oxygens (including phenoxy) is 2. The number of nitrogens with zero attached hydrogens (tertiary/aromatic N) is 2. The third-order valence-electron chi connectivity index (χ3n) is 7.04. The number of hydrogen-bond donors (Lipinski definition) is 4. The van der Waals surface area contributed by atoms with Crippen LogP contribution in [0.3, 0.4) is 0 Å². The molecule has 3 rings (SSSR count). The van der Waals surface area contributed by atoms with Gasteiger partial charge in [0, 0.05) is 37.0 Å². The molecule has 0 spiro atoms. The normalized spacial score (nSPS) is 14.6. The summed E-state index contributed by atoms with van der Waals surface area (Å²) < 4.78 is 9.94. The van der Waals surface area contributed by atoms with Crippen LogP contribution in [0.2, 0.25) is 0 Å². The first kappa shape index (κ1) is 34.7. The Balaban J connectivity index is 1.59. The van der Waals surface area contributed by atoms with Crippen LogP contribution in [0.25, 0.3) is 0 Å². The molecule has 244 valence electrons. The molecule has 2 atom stereocenters. The molecular weight excluding hydrogens is 584 g/mol. The smallest absolute Gasteiger partial charge is 0.328 e. The zero-order chi connectivity index (χ0) is 33.1. The highest BCUT2D eigenvalue weighted by atomic mass is 16.5. The molecule has 14 nitrogen and oxygen atoms in total. The second-order valence-corrected chi connectivity index (χ2v) is 11.8. The lowest BCUT2D eigenvalue weighted by Crippen LogP contribution is -2.42. The Labute approximate surface area is 261 Å². The second-order valence-electron chi connectivity index (χ2n) is 11.8. The number of fused-ring (bicyclic) bond motifs is 1. The summed E-state index contributed by atoms with van der Waals surface area (Å²) in [4.78, 5) is 82.5. The molecule has 1 aliphatic heterocycles. The number of aromatic nitrogens is 2. The van der Waals surface area contributed by atoms with Gasteiger partial charge in [-0.15, -0.1) is 0 Å². The summed E-state index contributed by atoms with van der Waals surface area (Å²) in [6.07, 6.45) is 1.10. The maximum Gasteiger partial charge on any atom is 0.328 e. The number of nitrogens with one attached hydrogen (secondary N) is 4. The number of H-pyrrole nitrogens is 1. The van der Waals surface area contributed by atoms with Crippen molar-refractivity contribution < 1.29 is 33.4 Å². The van der Waals surface area contributed by atoms with E-state index in [1.165, 1.54) is 0 Å². The van der Waals surface area contributed by atoms with Crippen LogP contribution < -0.4 is 21.5 Å². The van der Waals surface area contributed by atoms with Crippen LogP contribution in [-0.2, 0) is 41.6 Å². The highest BCUT2D eigenvalue weighted by Gasteiger charge is 2.27. The Kier molecular flexibility index (Phi) is 12.2. The summed E-state index contributed by atoms with van der Waals surface area (Å²) in [6.45, 7) is 10.0. The maximum absolute atomic E-state index is 12.9. The summed E-state index contributed by atoms with van der Waals surface area (Å²) in [5.41, 5.74) is 0.492. The maximum atomic E-state index is 12.9. The van der Waals surface area contributed by atoms with Crippen LogP contribution in [-0.4, -0.2) is 77.4 Å². The molecule has 2 aromatic rings. The standard InChI is InChI=1S/C31H42N6O8/c1-6-44-24(39)13-12-23(28(42)45-7-2)33-26(40)21-10-8-19(9-11-21)16-37(18-38)17-20-14-22-25(32-15-20)34-30(35-27(22)41)36-29(43)31(3,4)5/h8-11,18,20,23H,6-7,12-17H2,1-5H3,(H,33,40)(H3,32,34,35,36,41,43)/t20?,23-/m0/s1. The van der Waals surface area contributed by atoms with Gasteiger partial charge in [-0.3, -0.25) is 34.3 Å². The molecule has 3 amide bonds. The van der Waals surface area contributed by atoms with Gasteiger partial charge in [0.2, 0.25) is 18.3 Å². The average Bonchev–Trinajstić information content (AvgIpc) is 2.99. The number of rotatable bonds is 14. The van der Waals surface area contributed by atoms with Crippen LogP contribution in [0.4, 0.5) is 11.8 Å². The van der Waals surface area contributed by atoms with Gasteiger partial charge in [-0.05, 0) is 50.3 Å². The van der Waals surface area contributed by atoms with Gasteiger partial charge in [0.25, 0.3) is 11.5 Å². The van der Waals surface area contributed by atoms with Crippen LogP contribution in [0.5, 0.6) is 0 Å². The molecule has 2 heterocycles. The molecule has 1 unspecified atom stereocenters. The van der Waals surface area contributed by atoms with Crippen molar-refractivity contribution in [1.82, 2.24) is 20.2 Å². The Morgan fingerprint density at radius 3 is 2.42 bits per heavy atom. The predicted octanol–water partition coefficient (Wildman–Crippen LogP) is 2.00. The number of hydrogen-bond acceptors (Lipinski definition) is 10. The van der Waals surface area contributed by atoms with Gasteiger partial charge in [0.05, 0.1) is 18.8 Å². The van der Waals surface area contributed by atoms with Crippen molar-refractivity contribution in [3.05, 3.63) is 51.3 Å². The van der Waals surface area contributed by atoms with E-state index >= 15 is 0 Å². The molecule has 4 N–H and O–H groups in total. The zero-order valence-electron chi connectivity index (χ0n) is 26.4. The van der Waals surface area contributed by atoms with E-state index in [9.17, 15) is 28.8 Å². The number of benzene rings is 1. The van der Waals surface area contributed by atoms with Crippen molar-refractivity contribution in [2.75, 3.05) is 36.9 Å². The molecule has 0 bridgehead atoms. The predicted molar refractivity (Wildman–Crippen MR) is 165 cm³/mol. The topological polar surface area (TPSA) is 189 Å². The minimum atomic E-state index is -1.02. The monoisotopic (exact) mass is 626 g/mol. The van der Waals surface area contributed by atoms with Crippen molar-refractivity contribution in [2.24, 2.45) is 11.3 Å². The van der Waals surface area contributed by atoms with Crippen LogP contribution >= 0.6 is 0 Å². The van der Waals surface area contributed by atoms with Gasteiger partial charge >= 0.3 is 11.9 Å². The molecule has 45 heavy (non-hydrogen) atoms. The Morgan fingerprint density at radius 1 is 1.11 bits per heavy atom. The SMILES string of the molecule is CCOC(=O)CC[C@H](NC(=O)c1ccc(CN(C=O)CC2CNc3nc(NC(=O)C(C)(C)C)[nH]c(=O)c3C2)cc1)C(=O)OCC. The Bertz CT molecular complexity index is 1430. The van der Waals surface area contributed by atoms with E-state index in [4.69, 9.17) is 9.47 Å². The number of carbonyl (C=O) groups is 5. The van der Waals surface area contributed by atoms with Gasteiger partial charge in [-0.1, -0.05) is 32.9 Å². The van der Waals surface area contributed by atoms with E-state index in [0.717, 1.165) is 12.0 Å². The first-order chi connectivity index (χ1) is 21.3. The molecular formula is C31H42N6O8. The Hall–Kier alpha value is -4.75. The van der Waals surface area contributed by atoms with Crippen molar-refractivity contribution in [3.8, 4) is 0 Å². The molecule has 0 saturated carbocycles. The van der Waals surface area contributed by atoms with Crippen LogP contribution in [0, 0.1) is 11.3 Å². The van der Waals surface area contributed by atoms with Crippen molar-refractivity contribution in [1.29, 1.82) is 0 Å². The largest absolute Gasteiger partial charge is 0.466 e. The summed E-state index contributed by atoms with van der Waals surface area (Å²) in [7, 11) is 0. The third-order valence-corrected chi connectivity index (χ3v) is 7.04. The quantitative estimate of drug-likeness (QED) is 0.178. The van der Waals surface area contributed by atoms with Crippen molar-refractivity contribution in [3.63, 3.8) is 0 Å². The Morgan fingerprint density at radius 2 is 1.80 bits per heavy atom. The lowest BCUT2D eigenvalue weighted by Gasteiger charge is -2.29. The molecule has 0 saturated heterocycles. The molecule has 14 heteroatoms. The molecule has 1 aromatic heterocycles. The number of anilines is 2. The molecule has 0 aliphatic carbocycles. The highest BCUT2D eigenvalue weighted by molar-refractivity contribution is 5.97. The van der Waals surface area contributed by atoms with Gasteiger partial charge in [-0.25, -0.2) is 4.79 Å². The molecule has 0 fully saturated rings. The van der Waals surface area contributed by atoms with Gasteiger partial charge in [-0.2, -0.15) is 4.98 Å². The summed E-state index contributed by atoms with van der Waals surface area (Å²) in [6, 6.07) is 5.57. The number of amides is 3. The lowest BCUT2D eigenvalue weighted by atomic mass is 9.95. The van der Waals surface area contributed by atoms with Crippen molar-refractivity contribution >= 4 is 41.9 Å². The number of carbonyl (C=O) groups excluding carboxylic acids is 5. The number of aromatic amines is 1. The zero-order valence-corrected chi connectivity index (χ0v) is 26.4. The van der Waals surface area contributed by atoms with Crippen LogP contribution in [0.15, 0.2) is 29.1 Å². The summed E-state index contributed by atoms with van der Waals surface area (Å²) >= 11 is 0. The fourth-order valence-electron chi connectivity index (χ4n) is 4.62. The fourth-order valence-corrected chi connectivity index (χ4v) is 4.62. The van der Waals surface area contributed by atoms with E-state index in [1.807, 2.05) is 0 Å². The fraction of sp³-hybridized carbons (Fsp3) is 0.516. The molecule has 0 radical (unpaired) electrons. The molecule has 1 aromatic carbocycles. The second kappa shape index (κ2) is 15.8. The van der Waals surface area contributed by atoms with E-state index < -0.39 is 29.3 Å². The van der Waals surface area contributed by atoms with Gasteiger partial charge in [0.15, 0.2) is 0 Å². The first-order valence-corrected chi connectivity index (χ1v) is 14.9. The highest BCUT2D eigenvalue weighted by Crippen LogP contribution is 2.23. The van der Waals surface area contributed by atoms with Gasteiger partial charge in [0.1, 0.15) is 11.9 Å². The van der Waals surface area contributed by atoms with Crippen LogP contribution in [0.1, 0.15) is 68.9 Å². The summed E-state index contributed by atoms with van der Waals surface area (Å²) in [5.74, 6) is -1.50. The van der Waals surface area contributed by atoms with E-state index in [1.54, 1.807) is 63.8 Å². The minimum Gasteiger partial charge on any atom is -0.466 e. The average molecular weight is 627 g/mol.